The van der Waals surface area contributed by atoms with E-state index in [1.807, 2.05) is 0 Å². The Morgan fingerprint density at radius 1 is 1.47 bits per heavy atom. The highest BCUT2D eigenvalue weighted by atomic mass is 35.5. The number of nitrogens with two attached hydrogens (primary N) is 2. The molecule has 1 aliphatic rings. The molecule has 5 heteroatoms. The van der Waals surface area contributed by atoms with Crippen LogP contribution in [-0.2, 0) is 4.79 Å². The van der Waals surface area contributed by atoms with Gasteiger partial charge in [-0.05, 0) is 12.1 Å². The van der Waals surface area contributed by atoms with E-state index in [1.54, 1.807) is 23.1 Å². The molecule has 0 radical (unpaired) electrons. The van der Waals surface area contributed by atoms with Gasteiger partial charge in [-0.15, -0.1) is 0 Å². The van der Waals surface area contributed by atoms with E-state index in [9.17, 15) is 4.79 Å². The lowest BCUT2D eigenvalue weighted by molar-refractivity contribution is -0.117. The molecule has 15 heavy (non-hydrogen) atoms. The lowest BCUT2D eigenvalue weighted by atomic mass is 10.2. The van der Waals surface area contributed by atoms with Crippen LogP contribution < -0.4 is 16.4 Å². The standard InChI is InChI=1S/C10H12ClN3O/c11-7-2-1-3-8(13)10(7)14-5-6(12)4-9(14)15/h1-3,6H,4-5,12-13H2. The summed E-state index contributed by atoms with van der Waals surface area (Å²) in [7, 11) is 0. The van der Waals surface area contributed by atoms with Crippen LogP contribution in [0.25, 0.3) is 0 Å². The summed E-state index contributed by atoms with van der Waals surface area (Å²) in [6.07, 6.45) is 0.352. The predicted octanol–water partition coefficient (Wildman–Crippen LogP) is 0.986. The number of nitrogens with zero attached hydrogens (tertiary/aromatic N) is 1. The van der Waals surface area contributed by atoms with Crippen LogP contribution in [0.5, 0.6) is 0 Å². The van der Waals surface area contributed by atoms with Crippen molar-refractivity contribution in [2.75, 3.05) is 17.2 Å². The zero-order chi connectivity index (χ0) is 11.0. The van der Waals surface area contributed by atoms with Gasteiger partial charge >= 0.3 is 0 Å². The third-order valence-corrected chi connectivity index (χ3v) is 2.75. The van der Waals surface area contributed by atoms with Gasteiger partial charge in [0.05, 0.1) is 16.4 Å². The van der Waals surface area contributed by atoms with Crippen molar-refractivity contribution in [1.82, 2.24) is 0 Å². The predicted molar refractivity (Wildman–Crippen MR) is 60.8 cm³/mol. The highest BCUT2D eigenvalue weighted by molar-refractivity contribution is 6.34. The zero-order valence-corrected chi connectivity index (χ0v) is 8.87. The van der Waals surface area contributed by atoms with Gasteiger partial charge in [-0.25, -0.2) is 0 Å². The summed E-state index contributed by atoms with van der Waals surface area (Å²) < 4.78 is 0. The molecule has 0 spiro atoms. The average Bonchev–Trinajstić information content (AvgIpc) is 2.45. The van der Waals surface area contributed by atoms with E-state index < -0.39 is 0 Å². The third-order valence-electron chi connectivity index (χ3n) is 2.44. The first-order valence-electron chi connectivity index (χ1n) is 4.69. The van der Waals surface area contributed by atoms with Crippen molar-refractivity contribution in [3.63, 3.8) is 0 Å². The van der Waals surface area contributed by atoms with Gasteiger partial charge in [0.15, 0.2) is 0 Å². The molecule has 1 aliphatic heterocycles. The van der Waals surface area contributed by atoms with Gasteiger partial charge in [0.25, 0.3) is 0 Å². The van der Waals surface area contributed by atoms with Crippen LogP contribution in [0.15, 0.2) is 18.2 Å². The minimum Gasteiger partial charge on any atom is -0.397 e. The summed E-state index contributed by atoms with van der Waals surface area (Å²) in [6.45, 7) is 0.479. The maximum atomic E-state index is 11.6. The Kier molecular flexibility index (Phi) is 2.54. The lowest BCUT2D eigenvalue weighted by Gasteiger charge is -2.19. The smallest absolute Gasteiger partial charge is 0.228 e. The minimum absolute atomic E-state index is 0.0256. The van der Waals surface area contributed by atoms with E-state index in [1.165, 1.54) is 0 Å². The molecule has 1 saturated heterocycles. The number of nitrogen functional groups attached to an aromatic ring is 1. The van der Waals surface area contributed by atoms with Crippen molar-refractivity contribution >= 4 is 28.9 Å². The molecule has 0 bridgehead atoms. The van der Waals surface area contributed by atoms with E-state index in [-0.39, 0.29) is 11.9 Å². The lowest BCUT2D eigenvalue weighted by Crippen LogP contribution is -2.28. The molecule has 80 valence electrons. The van der Waals surface area contributed by atoms with Crippen LogP contribution in [0.4, 0.5) is 11.4 Å². The summed E-state index contributed by atoms with van der Waals surface area (Å²) in [4.78, 5) is 13.2. The highest BCUT2D eigenvalue weighted by Crippen LogP contribution is 2.34. The fraction of sp³-hybridized carbons (Fsp3) is 0.300. The number of benzene rings is 1. The number of halogens is 1. The molecule has 1 atom stereocenters. The van der Waals surface area contributed by atoms with Gasteiger partial charge < -0.3 is 16.4 Å². The second-order valence-electron chi connectivity index (χ2n) is 3.65. The molecule has 0 aromatic heterocycles. The number of para-hydroxylation sites is 1. The second-order valence-corrected chi connectivity index (χ2v) is 4.05. The maximum absolute atomic E-state index is 11.6. The van der Waals surface area contributed by atoms with Gasteiger partial charge in [0, 0.05) is 19.0 Å². The summed E-state index contributed by atoms with van der Waals surface area (Å²) >= 11 is 6.01. The van der Waals surface area contributed by atoms with Crippen molar-refractivity contribution in [1.29, 1.82) is 0 Å². The van der Waals surface area contributed by atoms with Crippen molar-refractivity contribution in [3.8, 4) is 0 Å². The molecular formula is C10H12ClN3O. The normalized spacial score (nSPS) is 21.1. The quantitative estimate of drug-likeness (QED) is 0.700. The van der Waals surface area contributed by atoms with E-state index >= 15 is 0 Å². The third kappa shape index (κ3) is 1.78. The van der Waals surface area contributed by atoms with E-state index in [0.717, 1.165) is 0 Å². The first-order chi connectivity index (χ1) is 7.09. The molecular weight excluding hydrogens is 214 g/mol. The van der Waals surface area contributed by atoms with Gasteiger partial charge in [0.2, 0.25) is 5.91 Å². The maximum Gasteiger partial charge on any atom is 0.228 e. The molecule has 1 unspecified atom stereocenters. The molecule has 4 nitrogen and oxygen atoms in total. The van der Waals surface area contributed by atoms with Gasteiger partial charge in [-0.2, -0.15) is 0 Å². The topological polar surface area (TPSA) is 72.3 Å². The van der Waals surface area contributed by atoms with Crippen LogP contribution >= 0.6 is 11.6 Å². The summed E-state index contributed by atoms with van der Waals surface area (Å²) in [5.41, 5.74) is 12.6. The van der Waals surface area contributed by atoms with Crippen molar-refractivity contribution < 1.29 is 4.79 Å². The minimum atomic E-state index is -0.131. The monoisotopic (exact) mass is 225 g/mol. The molecule has 1 amide bonds. The second kappa shape index (κ2) is 3.72. The van der Waals surface area contributed by atoms with Crippen LogP contribution in [-0.4, -0.2) is 18.5 Å². The fourth-order valence-corrected chi connectivity index (χ4v) is 2.05. The molecule has 2 rings (SSSR count). The molecule has 1 aromatic carbocycles. The number of amides is 1. The highest BCUT2D eigenvalue weighted by Gasteiger charge is 2.30. The number of hydrogen-bond acceptors (Lipinski definition) is 3. The van der Waals surface area contributed by atoms with Crippen LogP contribution in [0.1, 0.15) is 6.42 Å². The summed E-state index contributed by atoms with van der Waals surface area (Å²) in [5, 5.41) is 0.484. The van der Waals surface area contributed by atoms with Crippen molar-refractivity contribution in [3.05, 3.63) is 23.2 Å². The summed E-state index contributed by atoms with van der Waals surface area (Å²) in [6, 6.07) is 5.05. The molecule has 1 aromatic rings. The largest absolute Gasteiger partial charge is 0.397 e. The molecule has 4 N–H and O–H groups in total. The molecule has 0 aliphatic carbocycles. The Bertz CT molecular complexity index is 387. The first kappa shape index (κ1) is 10.3. The van der Waals surface area contributed by atoms with Crippen LogP contribution in [0.2, 0.25) is 5.02 Å². The number of rotatable bonds is 1. The van der Waals surface area contributed by atoms with Gasteiger partial charge in [-0.3, -0.25) is 4.79 Å². The van der Waals surface area contributed by atoms with Crippen molar-refractivity contribution in [2.24, 2.45) is 5.73 Å². The Labute approximate surface area is 92.8 Å². The van der Waals surface area contributed by atoms with E-state index in [2.05, 4.69) is 0 Å². The van der Waals surface area contributed by atoms with E-state index in [4.69, 9.17) is 23.1 Å². The molecule has 1 heterocycles. The number of hydrogen-bond donors (Lipinski definition) is 2. The van der Waals surface area contributed by atoms with Gasteiger partial charge in [-0.1, -0.05) is 17.7 Å². The molecule has 0 saturated carbocycles. The van der Waals surface area contributed by atoms with Crippen LogP contribution in [0.3, 0.4) is 0 Å². The average molecular weight is 226 g/mol. The molecule has 1 fully saturated rings. The Balaban J connectivity index is 2.41. The first-order valence-corrected chi connectivity index (χ1v) is 5.07. The number of anilines is 2. The van der Waals surface area contributed by atoms with Crippen LogP contribution in [0, 0.1) is 0 Å². The number of carbonyl (C=O) groups excluding carboxylic acids is 1. The zero-order valence-electron chi connectivity index (χ0n) is 8.11. The number of carbonyl (C=O) groups is 1. The Morgan fingerprint density at radius 2 is 2.20 bits per heavy atom. The van der Waals surface area contributed by atoms with Crippen molar-refractivity contribution in [2.45, 2.75) is 12.5 Å². The summed E-state index contributed by atoms with van der Waals surface area (Å²) in [5.74, 6) is -0.0256. The van der Waals surface area contributed by atoms with Gasteiger partial charge in [0.1, 0.15) is 0 Å². The Hall–Kier alpha value is -1.26. The fourth-order valence-electron chi connectivity index (χ4n) is 1.77. The Morgan fingerprint density at radius 3 is 2.73 bits per heavy atom. The van der Waals surface area contributed by atoms with E-state index in [0.29, 0.717) is 29.4 Å². The SMILES string of the molecule is Nc1cccc(Cl)c1N1CC(N)CC1=O.